The van der Waals surface area contributed by atoms with Crippen LogP contribution in [0.2, 0.25) is 0 Å². The largest absolute Gasteiger partial charge is 0.307 e. The maximum atomic E-state index is 17.0. The molecule has 0 atom stereocenters. The molecule has 0 saturated carbocycles. The molecule has 8 heteroatoms. The molecule has 0 aromatic heterocycles. The van der Waals surface area contributed by atoms with Crippen molar-refractivity contribution in [2.75, 3.05) is 9.80 Å². The number of hydrogen-bond donors (Lipinski definition) is 0. The van der Waals surface area contributed by atoms with E-state index in [-0.39, 0.29) is 50.8 Å². The van der Waals surface area contributed by atoms with Crippen molar-refractivity contribution < 1.29 is 31.3 Å². The molecule has 0 bridgehead atoms. The van der Waals surface area contributed by atoms with Gasteiger partial charge < -0.3 is 9.80 Å². The van der Waals surface area contributed by atoms with Crippen molar-refractivity contribution in [3.05, 3.63) is 222 Å². The Bertz CT molecular complexity index is 3710. The zero-order valence-electron chi connectivity index (χ0n) is 41.8. The summed E-state index contributed by atoms with van der Waals surface area (Å²) in [5.74, 6) is -4.51. The third-order valence-corrected chi connectivity index (χ3v) is 10.6. The molecule has 0 N–H and O–H groups in total. The molecule has 0 heterocycles. The van der Waals surface area contributed by atoms with Crippen LogP contribution < -0.4 is 9.80 Å². The number of hydrogen-bond acceptors (Lipinski definition) is 3. The van der Waals surface area contributed by atoms with E-state index >= 15 is 17.6 Å². The van der Waals surface area contributed by atoms with Gasteiger partial charge in [-0.25, -0.2) is 22.4 Å². The third-order valence-electron chi connectivity index (χ3n) is 10.6. The Morgan fingerprint density at radius 3 is 1.35 bits per heavy atom. The highest BCUT2D eigenvalue weighted by Crippen LogP contribution is 2.51. The Morgan fingerprint density at radius 2 is 0.935 bits per heavy atom. The van der Waals surface area contributed by atoms with E-state index in [0.29, 0.717) is 44.5 Å². The molecule has 10 rings (SSSR count). The molecular weight excluding hydrogens is 781 g/mol. The molecule has 0 aliphatic rings. The van der Waals surface area contributed by atoms with E-state index in [1.807, 2.05) is 6.07 Å². The van der Waals surface area contributed by atoms with Crippen LogP contribution in [0.15, 0.2) is 182 Å². The number of halogens is 4. The molecular formula is C54H30F4N4. The van der Waals surface area contributed by atoms with Gasteiger partial charge in [0.25, 0.3) is 0 Å². The second-order valence-electron chi connectivity index (χ2n) is 14.1. The van der Waals surface area contributed by atoms with Crippen molar-refractivity contribution in [3.63, 3.8) is 0 Å². The minimum Gasteiger partial charge on any atom is -0.307 e. The number of benzene rings is 10. The average molecular weight is 821 g/mol. The molecule has 10 aromatic rings. The molecule has 294 valence electrons. The van der Waals surface area contributed by atoms with Crippen molar-refractivity contribution in [1.82, 2.24) is 0 Å². The molecule has 0 saturated heterocycles. The maximum absolute atomic E-state index is 17.0. The highest BCUT2D eigenvalue weighted by atomic mass is 19.1. The second kappa shape index (κ2) is 15.3. The highest BCUT2D eigenvalue weighted by molar-refractivity contribution is 6.28. The summed E-state index contributed by atoms with van der Waals surface area (Å²) in [6.45, 7) is 7.61. The lowest BCUT2D eigenvalue weighted by molar-refractivity contribution is 0.584. The molecule has 0 aliphatic carbocycles. The summed E-state index contributed by atoms with van der Waals surface area (Å²) in [7, 11) is 0. The van der Waals surface area contributed by atoms with Gasteiger partial charge in [0.2, 0.25) is 0 Å². The van der Waals surface area contributed by atoms with E-state index in [0.717, 1.165) is 12.1 Å². The fraction of sp³-hybridized carbons (Fsp3) is 0. The molecule has 0 amide bonds. The van der Waals surface area contributed by atoms with Gasteiger partial charge in [0.05, 0.1) is 54.7 Å². The Morgan fingerprint density at radius 1 is 0.516 bits per heavy atom. The van der Waals surface area contributed by atoms with E-state index < -0.39 is 101 Å². The monoisotopic (exact) mass is 820 g/mol. The molecule has 0 fully saturated rings. The Balaban J connectivity index is 1.30. The lowest BCUT2D eigenvalue weighted by Crippen LogP contribution is -2.15. The SMILES string of the molecule is [2H]c1c([2H])c([2H])c(-c2cc(F)cc(F)c2N(c2ccc(C#N)cc2)c2ccc3ccc4c(N(c5ccc([N+]#[C-])cc5)c5c(F)cc(F)cc5-c5c([2H])c([2H])c([2H])c([2H])c5[2H])ccc5ccc2c3c54)c([2H])c1[2H]. The highest BCUT2D eigenvalue weighted by Gasteiger charge is 2.28. The first kappa shape index (κ1) is 28.1. The molecule has 4 nitrogen and oxygen atoms in total. The lowest BCUT2D eigenvalue weighted by atomic mass is 9.91. The standard InChI is InChI=1S/C54H30F4N4/c1-60-40-18-22-42(23-19-40)62(54-46(29-39(56)31-48(54)58)35-10-6-3-7-11-35)50-27-17-37-14-24-43-49(26-16-36-15-25-44(50)52(37)51(36)43)61(41-20-12-33(32-59)13-21-41)53-45(28-38(55)30-47(53)57)34-8-4-2-5-9-34/h2-31H/i2D,3D,4D,5D,6D,7D,8D,9D,10D,11D. The van der Waals surface area contributed by atoms with Crippen LogP contribution in [0.1, 0.15) is 19.3 Å². The first-order valence-electron chi connectivity index (χ1n) is 23.9. The normalized spacial score (nSPS) is 13.5. The number of rotatable bonds is 8. The predicted molar refractivity (Wildman–Crippen MR) is 241 cm³/mol. The fourth-order valence-corrected chi connectivity index (χ4v) is 8.04. The summed E-state index contributed by atoms with van der Waals surface area (Å²) in [6, 6.07) is 23.7. The first-order chi connectivity index (χ1) is 34.4. The number of anilines is 6. The smallest absolute Gasteiger partial charge is 0.187 e. The van der Waals surface area contributed by atoms with Crippen molar-refractivity contribution in [1.29, 1.82) is 5.26 Å². The van der Waals surface area contributed by atoms with Crippen LogP contribution in [-0.4, -0.2) is 0 Å². The van der Waals surface area contributed by atoms with E-state index in [1.54, 1.807) is 48.5 Å². The van der Waals surface area contributed by atoms with Gasteiger partial charge in [0.15, 0.2) is 17.3 Å². The molecule has 10 aromatic carbocycles. The van der Waals surface area contributed by atoms with Crippen molar-refractivity contribution in [3.8, 4) is 28.3 Å². The summed E-state index contributed by atoms with van der Waals surface area (Å²) in [4.78, 5) is 6.31. The summed E-state index contributed by atoms with van der Waals surface area (Å²) >= 11 is 0. The summed E-state index contributed by atoms with van der Waals surface area (Å²) in [6.07, 6.45) is 0. The molecule has 0 radical (unpaired) electrons. The van der Waals surface area contributed by atoms with E-state index in [1.165, 1.54) is 58.3 Å². The van der Waals surface area contributed by atoms with E-state index in [9.17, 15) is 5.26 Å². The van der Waals surface area contributed by atoms with Gasteiger partial charge >= 0.3 is 0 Å². The summed E-state index contributed by atoms with van der Waals surface area (Å²) in [5, 5.41) is 13.1. The molecule has 0 spiro atoms. The fourth-order valence-electron chi connectivity index (χ4n) is 8.04. The number of nitriles is 1. The van der Waals surface area contributed by atoms with E-state index in [4.69, 9.17) is 20.3 Å². The number of nitrogens with zero attached hydrogens (tertiary/aromatic N) is 4. The topological polar surface area (TPSA) is 34.6 Å². The molecule has 62 heavy (non-hydrogen) atoms. The Labute approximate surface area is 368 Å². The van der Waals surface area contributed by atoms with Gasteiger partial charge in [-0.3, -0.25) is 0 Å². The van der Waals surface area contributed by atoms with Crippen LogP contribution in [0.25, 0.3) is 59.4 Å². The van der Waals surface area contributed by atoms with Crippen LogP contribution in [0, 0.1) is 41.2 Å². The zero-order chi connectivity index (χ0) is 51.2. The van der Waals surface area contributed by atoms with Crippen LogP contribution in [-0.2, 0) is 0 Å². The van der Waals surface area contributed by atoms with E-state index in [2.05, 4.69) is 4.85 Å². The van der Waals surface area contributed by atoms with Gasteiger partial charge in [0.1, 0.15) is 11.6 Å². The van der Waals surface area contributed by atoms with Gasteiger partial charge in [-0.15, -0.1) is 0 Å². The quantitative estimate of drug-likeness (QED) is 0.0870. The van der Waals surface area contributed by atoms with Crippen LogP contribution >= 0.6 is 0 Å². The van der Waals surface area contributed by atoms with Gasteiger partial charge in [-0.05, 0) is 93.3 Å². The maximum Gasteiger partial charge on any atom is 0.187 e. The predicted octanol–water partition coefficient (Wildman–Crippen LogP) is 15.8. The zero-order valence-corrected chi connectivity index (χ0v) is 31.8. The Kier molecular flexibility index (Phi) is 6.93. The lowest BCUT2D eigenvalue weighted by Gasteiger charge is -2.31. The van der Waals surface area contributed by atoms with Gasteiger partial charge in [-0.1, -0.05) is 109 Å². The third kappa shape index (κ3) is 6.39. The van der Waals surface area contributed by atoms with Crippen molar-refractivity contribution in [2.45, 2.75) is 0 Å². The molecule has 0 unspecified atom stereocenters. The van der Waals surface area contributed by atoms with Gasteiger partial charge in [0, 0.05) is 45.4 Å². The average Bonchev–Trinajstić information content (AvgIpc) is 3.37. The molecule has 0 aliphatic heterocycles. The first-order valence-corrected chi connectivity index (χ1v) is 18.9. The minimum atomic E-state index is -1.16. The van der Waals surface area contributed by atoms with Crippen molar-refractivity contribution in [2.24, 2.45) is 0 Å². The summed E-state index contributed by atoms with van der Waals surface area (Å²) in [5.41, 5.74) is -1.04. The minimum absolute atomic E-state index is 0.227. The van der Waals surface area contributed by atoms with Crippen LogP contribution in [0.3, 0.4) is 0 Å². The van der Waals surface area contributed by atoms with Crippen LogP contribution in [0.5, 0.6) is 0 Å². The van der Waals surface area contributed by atoms with Crippen LogP contribution in [0.4, 0.5) is 57.4 Å². The summed E-state index contributed by atoms with van der Waals surface area (Å²) < 4.78 is 151. The second-order valence-corrected chi connectivity index (χ2v) is 14.1. The van der Waals surface area contributed by atoms with Gasteiger partial charge in [-0.2, -0.15) is 5.26 Å². The van der Waals surface area contributed by atoms with Crippen molar-refractivity contribution >= 4 is 72.1 Å². The Hall–Kier alpha value is -8.46.